The summed E-state index contributed by atoms with van der Waals surface area (Å²) in [5.74, 6) is -0.454. The van der Waals surface area contributed by atoms with Crippen LogP contribution < -0.4 is 0 Å². The Morgan fingerprint density at radius 2 is 2.50 bits per heavy atom. The number of rotatable bonds is 4. The molecule has 0 aromatic carbocycles. The van der Waals surface area contributed by atoms with E-state index in [1.54, 1.807) is 12.5 Å². The summed E-state index contributed by atoms with van der Waals surface area (Å²) in [6.45, 7) is 2.85. The lowest BCUT2D eigenvalue weighted by Gasteiger charge is -2.10. The van der Waals surface area contributed by atoms with Gasteiger partial charge >= 0.3 is 5.97 Å². The molecule has 1 rings (SSSR count). The fourth-order valence-corrected chi connectivity index (χ4v) is 1.46. The monoisotopic (exact) mass is 216 g/mol. The highest BCUT2D eigenvalue weighted by Gasteiger charge is 2.21. The molecule has 0 aliphatic heterocycles. The van der Waals surface area contributed by atoms with Crippen molar-refractivity contribution in [2.24, 2.45) is 0 Å². The molecule has 1 aromatic heterocycles. The first kappa shape index (κ1) is 11.0. The van der Waals surface area contributed by atoms with Crippen LogP contribution in [0.25, 0.3) is 0 Å². The van der Waals surface area contributed by atoms with Crippen molar-refractivity contribution in [3.05, 3.63) is 18.2 Å². The summed E-state index contributed by atoms with van der Waals surface area (Å²) in [6.07, 6.45) is 4.22. The molecule has 5 heteroatoms. The molecule has 0 aliphatic rings. The van der Waals surface area contributed by atoms with Gasteiger partial charge in [0, 0.05) is 6.54 Å². The van der Waals surface area contributed by atoms with Crippen LogP contribution in [0.15, 0.2) is 12.5 Å². The Labute approximate surface area is 87.8 Å². The van der Waals surface area contributed by atoms with Crippen molar-refractivity contribution in [3.8, 4) is 0 Å². The van der Waals surface area contributed by atoms with Crippen molar-refractivity contribution in [1.29, 1.82) is 0 Å². The van der Waals surface area contributed by atoms with Gasteiger partial charge in [-0.1, -0.05) is 6.92 Å². The molecule has 1 heterocycles. The lowest BCUT2D eigenvalue weighted by molar-refractivity contribution is -0.140. The van der Waals surface area contributed by atoms with Crippen LogP contribution in [0.2, 0.25) is 0 Å². The van der Waals surface area contributed by atoms with Gasteiger partial charge in [-0.3, -0.25) is 4.79 Å². The van der Waals surface area contributed by atoms with Crippen LogP contribution in [0.4, 0.5) is 0 Å². The fraction of sp³-hybridized carbons (Fsp3) is 0.556. The fourth-order valence-electron chi connectivity index (χ4n) is 1.19. The third-order valence-electron chi connectivity index (χ3n) is 1.88. The molecule has 1 aromatic rings. The van der Waals surface area contributed by atoms with Gasteiger partial charge in [-0.2, -0.15) is 0 Å². The quantitative estimate of drug-likeness (QED) is 0.569. The van der Waals surface area contributed by atoms with Crippen molar-refractivity contribution in [3.63, 3.8) is 0 Å². The van der Waals surface area contributed by atoms with Gasteiger partial charge in [0.25, 0.3) is 0 Å². The Balaban J connectivity index is 2.83. The number of esters is 1. The number of imidazole rings is 1. The second-order valence-electron chi connectivity index (χ2n) is 2.90. The average Bonchev–Trinajstić information content (AvgIpc) is 2.64. The van der Waals surface area contributed by atoms with Crippen molar-refractivity contribution in [1.82, 2.24) is 9.55 Å². The Hall–Kier alpha value is -1.03. The molecule has 0 saturated carbocycles. The highest BCUT2D eigenvalue weighted by molar-refractivity contribution is 6.29. The molecule has 14 heavy (non-hydrogen) atoms. The molecule has 0 spiro atoms. The average molecular weight is 217 g/mol. The maximum atomic E-state index is 11.2. The highest BCUT2D eigenvalue weighted by Crippen LogP contribution is 2.21. The maximum Gasteiger partial charge on any atom is 0.329 e. The second kappa shape index (κ2) is 5.00. The van der Waals surface area contributed by atoms with E-state index in [1.165, 1.54) is 7.11 Å². The molecule has 78 valence electrons. The highest BCUT2D eigenvalue weighted by atomic mass is 35.5. The topological polar surface area (TPSA) is 44.1 Å². The zero-order chi connectivity index (χ0) is 10.6. The number of hydrogen-bond acceptors (Lipinski definition) is 3. The number of aryl methyl sites for hydroxylation is 1. The van der Waals surface area contributed by atoms with Crippen molar-refractivity contribution in [2.75, 3.05) is 7.11 Å². The first-order valence-corrected chi connectivity index (χ1v) is 4.86. The lowest BCUT2D eigenvalue weighted by atomic mass is 10.3. The van der Waals surface area contributed by atoms with E-state index in [2.05, 4.69) is 9.72 Å². The van der Waals surface area contributed by atoms with E-state index in [-0.39, 0.29) is 0 Å². The van der Waals surface area contributed by atoms with Crippen molar-refractivity contribution >= 4 is 17.6 Å². The van der Waals surface area contributed by atoms with Gasteiger partial charge in [0.1, 0.15) is 0 Å². The van der Waals surface area contributed by atoms with Crippen molar-refractivity contribution < 1.29 is 9.53 Å². The zero-order valence-corrected chi connectivity index (χ0v) is 8.99. The largest absolute Gasteiger partial charge is 0.468 e. The van der Waals surface area contributed by atoms with Crippen molar-refractivity contribution in [2.45, 2.75) is 25.3 Å². The van der Waals surface area contributed by atoms with Crippen LogP contribution in [0.5, 0.6) is 0 Å². The van der Waals surface area contributed by atoms with Gasteiger partial charge in [0.15, 0.2) is 5.38 Å². The van der Waals surface area contributed by atoms with E-state index < -0.39 is 11.3 Å². The summed E-state index contributed by atoms with van der Waals surface area (Å²) < 4.78 is 6.41. The Bertz CT molecular complexity index is 312. The molecule has 0 aliphatic carbocycles. The number of nitrogens with zero attached hydrogens (tertiary/aromatic N) is 2. The minimum Gasteiger partial charge on any atom is -0.468 e. The van der Waals surface area contributed by atoms with Gasteiger partial charge in [-0.15, -0.1) is 11.6 Å². The Morgan fingerprint density at radius 1 is 1.79 bits per heavy atom. The van der Waals surface area contributed by atoms with Crippen LogP contribution in [-0.4, -0.2) is 22.6 Å². The van der Waals surface area contributed by atoms with Gasteiger partial charge in [-0.05, 0) is 6.42 Å². The molecule has 0 amide bonds. The van der Waals surface area contributed by atoms with Gasteiger partial charge in [0.2, 0.25) is 0 Å². The van der Waals surface area contributed by atoms with Crippen LogP contribution in [0.3, 0.4) is 0 Å². The standard InChI is InChI=1S/C9H13ClN2O2/c1-3-4-12-6-11-5-7(12)8(10)9(13)14-2/h5-6,8H,3-4H2,1-2H3. The summed E-state index contributed by atoms with van der Waals surface area (Å²) in [5.41, 5.74) is 0.681. The number of aromatic nitrogens is 2. The van der Waals surface area contributed by atoms with E-state index in [1.807, 2.05) is 11.5 Å². The van der Waals surface area contributed by atoms with E-state index in [9.17, 15) is 4.79 Å². The van der Waals surface area contributed by atoms with Crippen LogP contribution in [-0.2, 0) is 16.1 Å². The van der Waals surface area contributed by atoms with Gasteiger partial charge < -0.3 is 9.30 Å². The minimum absolute atomic E-state index is 0.454. The number of carbonyl (C=O) groups is 1. The van der Waals surface area contributed by atoms with Crippen LogP contribution in [0, 0.1) is 0 Å². The zero-order valence-electron chi connectivity index (χ0n) is 8.24. The van der Waals surface area contributed by atoms with Gasteiger partial charge in [-0.25, -0.2) is 4.98 Å². The molecule has 0 N–H and O–H groups in total. The number of hydrogen-bond donors (Lipinski definition) is 0. The number of alkyl halides is 1. The summed E-state index contributed by atoms with van der Waals surface area (Å²) in [5, 5.41) is -0.769. The molecule has 4 nitrogen and oxygen atoms in total. The van der Waals surface area contributed by atoms with E-state index in [0.717, 1.165) is 13.0 Å². The SMILES string of the molecule is CCCn1cncc1C(Cl)C(=O)OC. The minimum atomic E-state index is -0.769. The van der Waals surface area contributed by atoms with Crippen LogP contribution in [0.1, 0.15) is 24.4 Å². The summed E-state index contributed by atoms with van der Waals surface area (Å²) in [6, 6.07) is 0. The summed E-state index contributed by atoms with van der Waals surface area (Å²) >= 11 is 5.90. The van der Waals surface area contributed by atoms with E-state index in [4.69, 9.17) is 11.6 Å². The maximum absolute atomic E-state index is 11.2. The molecular weight excluding hydrogens is 204 g/mol. The van der Waals surface area contributed by atoms with Crippen LogP contribution >= 0.6 is 11.6 Å². The van der Waals surface area contributed by atoms with E-state index >= 15 is 0 Å². The summed E-state index contributed by atoms with van der Waals surface area (Å²) in [4.78, 5) is 15.1. The molecule has 0 radical (unpaired) electrons. The number of carbonyl (C=O) groups excluding carboxylic acids is 1. The molecular formula is C9H13ClN2O2. The number of halogens is 1. The predicted molar refractivity (Wildman–Crippen MR) is 53.1 cm³/mol. The third kappa shape index (κ3) is 2.26. The molecule has 0 bridgehead atoms. The second-order valence-corrected chi connectivity index (χ2v) is 3.33. The van der Waals surface area contributed by atoms with E-state index in [0.29, 0.717) is 5.69 Å². The summed E-state index contributed by atoms with van der Waals surface area (Å²) in [7, 11) is 1.32. The normalized spacial score (nSPS) is 12.5. The lowest BCUT2D eigenvalue weighted by Crippen LogP contribution is -2.13. The molecule has 0 saturated heterocycles. The Morgan fingerprint density at radius 3 is 3.07 bits per heavy atom. The molecule has 1 unspecified atom stereocenters. The van der Waals surface area contributed by atoms with Gasteiger partial charge in [0.05, 0.1) is 25.3 Å². The molecule has 0 fully saturated rings. The first-order valence-electron chi connectivity index (χ1n) is 4.42. The Kier molecular flexibility index (Phi) is 3.95. The third-order valence-corrected chi connectivity index (χ3v) is 2.28. The first-order chi connectivity index (χ1) is 6.70. The molecule has 1 atom stereocenters. The predicted octanol–water partition coefficient (Wildman–Crippen LogP) is 1.75. The number of ether oxygens (including phenoxy) is 1. The smallest absolute Gasteiger partial charge is 0.329 e. The number of methoxy groups -OCH3 is 1.